The Morgan fingerprint density at radius 1 is 1.42 bits per heavy atom. The van der Waals surface area contributed by atoms with Crippen LogP contribution in [0.5, 0.6) is 5.75 Å². The highest BCUT2D eigenvalue weighted by Crippen LogP contribution is 2.27. The van der Waals surface area contributed by atoms with Gasteiger partial charge < -0.3 is 9.64 Å². The monoisotopic (exact) mass is 301 g/mol. The predicted molar refractivity (Wildman–Crippen MR) is 77.0 cm³/mol. The summed E-state index contributed by atoms with van der Waals surface area (Å²) in [7, 11) is 0. The van der Waals surface area contributed by atoms with Gasteiger partial charge in [0.1, 0.15) is 5.75 Å². The molecule has 0 spiro atoms. The van der Waals surface area contributed by atoms with Crippen LogP contribution < -0.4 is 4.74 Å². The summed E-state index contributed by atoms with van der Waals surface area (Å²) in [5.74, 6) is 0.454. The van der Waals surface area contributed by atoms with Crippen LogP contribution in [-0.2, 0) is 4.79 Å². The zero-order valence-electron chi connectivity index (χ0n) is 10.9. The number of halogens is 2. The Morgan fingerprint density at radius 3 is 2.95 bits per heavy atom. The number of likely N-dealkylation sites (tertiary alicyclic amines) is 1. The van der Waals surface area contributed by atoms with Gasteiger partial charge in [0.25, 0.3) is 5.91 Å². The molecule has 1 aromatic carbocycles. The zero-order valence-corrected chi connectivity index (χ0v) is 12.4. The number of carbonyl (C=O) groups excluding carboxylic acids is 1. The topological polar surface area (TPSA) is 29.5 Å². The quantitative estimate of drug-likeness (QED) is 0.850. The molecule has 1 heterocycles. The van der Waals surface area contributed by atoms with Crippen molar-refractivity contribution < 1.29 is 9.53 Å². The minimum absolute atomic E-state index is 0.00300. The minimum Gasteiger partial charge on any atom is -0.482 e. The van der Waals surface area contributed by atoms with Crippen LogP contribution >= 0.6 is 23.2 Å². The summed E-state index contributed by atoms with van der Waals surface area (Å²) in [6.45, 7) is 2.89. The van der Waals surface area contributed by atoms with E-state index in [0.29, 0.717) is 21.8 Å². The average Bonchev–Trinajstić information content (AvgIpc) is 2.40. The van der Waals surface area contributed by atoms with Crippen LogP contribution in [-0.4, -0.2) is 30.0 Å². The van der Waals surface area contributed by atoms with E-state index >= 15 is 0 Å². The number of ether oxygens (including phenoxy) is 1. The zero-order chi connectivity index (χ0) is 13.8. The number of rotatable bonds is 3. The maximum Gasteiger partial charge on any atom is 0.260 e. The molecule has 1 fully saturated rings. The third-order valence-electron chi connectivity index (χ3n) is 3.37. The highest BCUT2D eigenvalue weighted by Gasteiger charge is 2.23. The standard InChI is InChI=1S/C14H17Cl2NO2/c1-10-4-2-3-7-17(10)14(18)9-19-13-8-11(15)5-6-12(13)16/h5-6,8,10H,2-4,7,9H2,1H3/t10-/m0/s1. The number of piperidine rings is 1. The van der Waals surface area contributed by atoms with E-state index < -0.39 is 0 Å². The molecule has 1 aliphatic heterocycles. The SMILES string of the molecule is C[C@H]1CCCCN1C(=O)COc1cc(Cl)ccc1Cl. The molecule has 5 heteroatoms. The number of nitrogens with zero attached hydrogens (tertiary/aromatic N) is 1. The number of hydrogen-bond donors (Lipinski definition) is 0. The Kier molecular flexibility index (Phi) is 4.94. The van der Waals surface area contributed by atoms with Crippen LogP contribution in [0, 0.1) is 0 Å². The fourth-order valence-electron chi connectivity index (χ4n) is 2.28. The lowest BCUT2D eigenvalue weighted by Gasteiger charge is -2.33. The summed E-state index contributed by atoms with van der Waals surface area (Å²) >= 11 is 11.9. The number of hydrogen-bond acceptors (Lipinski definition) is 2. The van der Waals surface area contributed by atoms with Crippen molar-refractivity contribution in [1.29, 1.82) is 0 Å². The maximum atomic E-state index is 12.1. The summed E-state index contributed by atoms with van der Waals surface area (Å²) in [4.78, 5) is 14.0. The molecule has 3 nitrogen and oxygen atoms in total. The molecule has 104 valence electrons. The molecular formula is C14H17Cl2NO2. The highest BCUT2D eigenvalue weighted by atomic mass is 35.5. The Bertz CT molecular complexity index is 465. The second-order valence-electron chi connectivity index (χ2n) is 4.80. The van der Waals surface area contributed by atoms with E-state index in [0.717, 1.165) is 19.4 Å². The van der Waals surface area contributed by atoms with Gasteiger partial charge in [0.15, 0.2) is 6.61 Å². The highest BCUT2D eigenvalue weighted by molar-refractivity contribution is 6.34. The lowest BCUT2D eigenvalue weighted by atomic mass is 10.0. The van der Waals surface area contributed by atoms with Crippen molar-refractivity contribution in [3.8, 4) is 5.75 Å². The summed E-state index contributed by atoms with van der Waals surface area (Å²) in [6, 6.07) is 5.26. The Hall–Kier alpha value is -0.930. The third-order valence-corrected chi connectivity index (χ3v) is 3.92. The molecule has 1 saturated heterocycles. The third kappa shape index (κ3) is 3.77. The molecule has 19 heavy (non-hydrogen) atoms. The summed E-state index contributed by atoms with van der Waals surface area (Å²) in [5.41, 5.74) is 0. The molecule has 0 aliphatic carbocycles. The van der Waals surface area contributed by atoms with Crippen LogP contribution in [0.3, 0.4) is 0 Å². The molecule has 0 radical (unpaired) electrons. The van der Waals surface area contributed by atoms with Gasteiger partial charge in [0, 0.05) is 23.7 Å². The van der Waals surface area contributed by atoms with E-state index in [1.54, 1.807) is 18.2 Å². The number of carbonyl (C=O) groups is 1. The van der Waals surface area contributed by atoms with Crippen LogP contribution in [0.25, 0.3) is 0 Å². The first-order valence-electron chi connectivity index (χ1n) is 6.45. The molecule has 1 aliphatic rings. The normalized spacial score (nSPS) is 19.3. The molecule has 0 N–H and O–H groups in total. The fourth-order valence-corrected chi connectivity index (χ4v) is 2.61. The molecular weight excluding hydrogens is 285 g/mol. The Morgan fingerprint density at radius 2 is 2.21 bits per heavy atom. The van der Waals surface area contributed by atoms with Crippen molar-refractivity contribution in [1.82, 2.24) is 4.90 Å². The lowest BCUT2D eigenvalue weighted by Crippen LogP contribution is -2.44. The van der Waals surface area contributed by atoms with Crippen LogP contribution in [0.1, 0.15) is 26.2 Å². The largest absolute Gasteiger partial charge is 0.482 e. The summed E-state index contributed by atoms with van der Waals surface area (Å²) in [5, 5.41) is 1.00. The molecule has 0 saturated carbocycles. The Balaban J connectivity index is 1.94. The fraction of sp³-hybridized carbons (Fsp3) is 0.500. The van der Waals surface area contributed by atoms with E-state index in [9.17, 15) is 4.79 Å². The van der Waals surface area contributed by atoms with E-state index in [1.807, 2.05) is 4.90 Å². The minimum atomic E-state index is 0.00300. The summed E-state index contributed by atoms with van der Waals surface area (Å²) in [6.07, 6.45) is 3.31. The van der Waals surface area contributed by atoms with Crippen LogP contribution in [0.15, 0.2) is 18.2 Å². The molecule has 1 amide bonds. The lowest BCUT2D eigenvalue weighted by molar-refractivity contribution is -0.136. The average molecular weight is 302 g/mol. The van der Waals surface area contributed by atoms with E-state index in [4.69, 9.17) is 27.9 Å². The van der Waals surface area contributed by atoms with Crippen molar-refractivity contribution in [2.75, 3.05) is 13.2 Å². The maximum absolute atomic E-state index is 12.1. The van der Waals surface area contributed by atoms with Gasteiger partial charge in [-0.25, -0.2) is 0 Å². The predicted octanol–water partition coefficient (Wildman–Crippen LogP) is 3.77. The molecule has 0 bridgehead atoms. The van der Waals surface area contributed by atoms with Gasteiger partial charge >= 0.3 is 0 Å². The number of benzene rings is 1. The first-order chi connectivity index (χ1) is 9.08. The van der Waals surface area contributed by atoms with E-state index in [-0.39, 0.29) is 12.5 Å². The van der Waals surface area contributed by atoms with Gasteiger partial charge in [-0.05, 0) is 38.3 Å². The second-order valence-corrected chi connectivity index (χ2v) is 5.64. The molecule has 2 rings (SSSR count). The van der Waals surface area contributed by atoms with Gasteiger partial charge in [-0.15, -0.1) is 0 Å². The smallest absolute Gasteiger partial charge is 0.260 e. The van der Waals surface area contributed by atoms with Gasteiger partial charge in [0.05, 0.1) is 5.02 Å². The molecule has 0 aromatic heterocycles. The Labute approximate surface area is 123 Å². The van der Waals surface area contributed by atoms with Gasteiger partial charge in [-0.3, -0.25) is 4.79 Å². The van der Waals surface area contributed by atoms with E-state index in [1.165, 1.54) is 6.42 Å². The second kappa shape index (κ2) is 6.49. The van der Waals surface area contributed by atoms with Crippen molar-refractivity contribution in [2.24, 2.45) is 0 Å². The van der Waals surface area contributed by atoms with Gasteiger partial charge in [0.2, 0.25) is 0 Å². The van der Waals surface area contributed by atoms with E-state index in [2.05, 4.69) is 6.92 Å². The van der Waals surface area contributed by atoms with Crippen molar-refractivity contribution in [2.45, 2.75) is 32.2 Å². The summed E-state index contributed by atoms with van der Waals surface area (Å²) < 4.78 is 5.47. The molecule has 1 atom stereocenters. The first-order valence-corrected chi connectivity index (χ1v) is 7.21. The van der Waals surface area contributed by atoms with Crippen LogP contribution in [0.4, 0.5) is 0 Å². The van der Waals surface area contributed by atoms with Gasteiger partial charge in [-0.2, -0.15) is 0 Å². The van der Waals surface area contributed by atoms with Crippen molar-refractivity contribution in [3.63, 3.8) is 0 Å². The van der Waals surface area contributed by atoms with Crippen molar-refractivity contribution >= 4 is 29.1 Å². The first kappa shape index (κ1) is 14.5. The van der Waals surface area contributed by atoms with Gasteiger partial charge in [-0.1, -0.05) is 23.2 Å². The number of amides is 1. The van der Waals surface area contributed by atoms with Crippen LogP contribution in [0.2, 0.25) is 10.0 Å². The molecule has 0 unspecified atom stereocenters. The van der Waals surface area contributed by atoms with Crippen molar-refractivity contribution in [3.05, 3.63) is 28.2 Å². The molecule has 1 aromatic rings.